The fraction of sp³-hybridized carbons (Fsp3) is 0.588. The highest BCUT2D eigenvalue weighted by Gasteiger charge is 2.37. The first-order chi connectivity index (χ1) is 10.8. The SMILES string of the molecule is COc1ccc(C#N)c([C@H](C2CCC2)N2CCNCC2)c1O.Cl.Cl. The Morgan fingerprint density at radius 3 is 2.46 bits per heavy atom. The summed E-state index contributed by atoms with van der Waals surface area (Å²) in [5, 5.41) is 23.5. The molecule has 0 bridgehead atoms. The summed E-state index contributed by atoms with van der Waals surface area (Å²) in [6.45, 7) is 3.80. The largest absolute Gasteiger partial charge is 0.504 e. The fourth-order valence-electron chi connectivity index (χ4n) is 3.58. The fourth-order valence-corrected chi connectivity index (χ4v) is 3.58. The summed E-state index contributed by atoms with van der Waals surface area (Å²) in [5.41, 5.74) is 1.32. The van der Waals surface area contributed by atoms with Crippen LogP contribution < -0.4 is 10.1 Å². The van der Waals surface area contributed by atoms with Crippen LogP contribution in [-0.4, -0.2) is 43.3 Å². The van der Waals surface area contributed by atoms with Gasteiger partial charge in [-0.15, -0.1) is 24.8 Å². The van der Waals surface area contributed by atoms with E-state index in [0.717, 1.165) is 44.6 Å². The number of ether oxygens (including phenoxy) is 1. The Balaban J connectivity index is 0.00000144. The summed E-state index contributed by atoms with van der Waals surface area (Å²) in [6.07, 6.45) is 3.56. The van der Waals surface area contributed by atoms with Gasteiger partial charge in [0.05, 0.1) is 18.7 Å². The minimum absolute atomic E-state index is 0. The Bertz CT molecular complexity index is 582. The number of benzene rings is 1. The number of aromatic hydroxyl groups is 1. The number of methoxy groups -OCH3 is 1. The highest BCUT2D eigenvalue weighted by Crippen LogP contribution is 2.47. The van der Waals surface area contributed by atoms with E-state index in [0.29, 0.717) is 17.2 Å². The second-order valence-electron chi connectivity index (χ2n) is 6.11. The lowest BCUT2D eigenvalue weighted by Crippen LogP contribution is -2.48. The van der Waals surface area contributed by atoms with Crippen molar-refractivity contribution >= 4 is 24.8 Å². The van der Waals surface area contributed by atoms with Gasteiger partial charge in [-0.1, -0.05) is 6.42 Å². The summed E-state index contributed by atoms with van der Waals surface area (Å²) < 4.78 is 5.26. The number of nitrogens with one attached hydrogen (secondary N) is 1. The molecule has 134 valence electrons. The Morgan fingerprint density at radius 1 is 1.29 bits per heavy atom. The normalized spacial score (nSPS) is 19.2. The van der Waals surface area contributed by atoms with Gasteiger partial charge in [0.2, 0.25) is 0 Å². The predicted molar refractivity (Wildman–Crippen MR) is 98.4 cm³/mol. The summed E-state index contributed by atoms with van der Waals surface area (Å²) in [7, 11) is 1.55. The van der Waals surface area contributed by atoms with Gasteiger partial charge >= 0.3 is 0 Å². The molecule has 0 unspecified atom stereocenters. The molecule has 1 saturated carbocycles. The molecule has 2 aliphatic rings. The molecule has 24 heavy (non-hydrogen) atoms. The van der Waals surface area contributed by atoms with Gasteiger partial charge in [-0.3, -0.25) is 4.90 Å². The zero-order valence-electron chi connectivity index (χ0n) is 13.8. The van der Waals surface area contributed by atoms with Crippen LogP contribution in [0.1, 0.15) is 36.4 Å². The maximum absolute atomic E-state index is 10.7. The van der Waals surface area contributed by atoms with Crippen molar-refractivity contribution in [2.24, 2.45) is 5.92 Å². The molecule has 1 heterocycles. The molecular formula is C17H25Cl2N3O2. The Morgan fingerprint density at radius 2 is 1.96 bits per heavy atom. The van der Waals surface area contributed by atoms with E-state index in [1.807, 2.05) is 0 Å². The number of rotatable bonds is 4. The standard InChI is InChI=1S/C17H23N3O2.2ClH/c1-22-14-6-5-13(11-18)15(17(14)21)16(12-3-2-4-12)20-9-7-19-8-10-20;;/h5-6,12,16,19,21H,2-4,7-10H2,1H3;2*1H/t16-;;/m0../s1. The molecule has 1 aromatic rings. The highest BCUT2D eigenvalue weighted by atomic mass is 35.5. The number of nitrogens with zero attached hydrogens (tertiary/aromatic N) is 2. The van der Waals surface area contributed by atoms with Crippen LogP contribution in [-0.2, 0) is 0 Å². The van der Waals surface area contributed by atoms with Crippen molar-refractivity contribution < 1.29 is 9.84 Å². The Hall–Kier alpha value is -1.19. The van der Waals surface area contributed by atoms with Gasteiger partial charge in [0.25, 0.3) is 0 Å². The lowest BCUT2D eigenvalue weighted by atomic mass is 9.75. The molecule has 2 N–H and O–H groups in total. The molecule has 0 amide bonds. The smallest absolute Gasteiger partial charge is 0.163 e. The maximum Gasteiger partial charge on any atom is 0.163 e. The van der Waals surface area contributed by atoms with Crippen LogP contribution in [0.2, 0.25) is 0 Å². The van der Waals surface area contributed by atoms with Crippen molar-refractivity contribution in [2.45, 2.75) is 25.3 Å². The van der Waals surface area contributed by atoms with Crippen molar-refractivity contribution in [3.63, 3.8) is 0 Å². The Kier molecular flexibility index (Phi) is 8.11. The van der Waals surface area contributed by atoms with Crippen LogP contribution in [0.4, 0.5) is 0 Å². The van der Waals surface area contributed by atoms with Crippen molar-refractivity contribution in [1.29, 1.82) is 5.26 Å². The van der Waals surface area contributed by atoms with E-state index in [2.05, 4.69) is 16.3 Å². The summed E-state index contributed by atoms with van der Waals surface area (Å²) in [6, 6.07) is 5.80. The summed E-state index contributed by atoms with van der Waals surface area (Å²) >= 11 is 0. The minimum Gasteiger partial charge on any atom is -0.504 e. The average molecular weight is 374 g/mol. The van der Waals surface area contributed by atoms with Crippen LogP contribution in [0, 0.1) is 17.2 Å². The van der Waals surface area contributed by atoms with E-state index in [4.69, 9.17) is 4.74 Å². The van der Waals surface area contributed by atoms with Crippen LogP contribution in [0.3, 0.4) is 0 Å². The topological polar surface area (TPSA) is 68.5 Å². The number of phenolic OH excluding ortho intramolecular Hbond substituents is 1. The molecule has 0 aromatic heterocycles. The van der Waals surface area contributed by atoms with Gasteiger partial charge in [-0.25, -0.2) is 0 Å². The molecule has 1 aliphatic carbocycles. The second-order valence-corrected chi connectivity index (χ2v) is 6.11. The van der Waals surface area contributed by atoms with Crippen molar-refractivity contribution in [2.75, 3.05) is 33.3 Å². The molecule has 5 nitrogen and oxygen atoms in total. The second kappa shape index (κ2) is 9.33. The number of halogens is 2. The van der Waals surface area contributed by atoms with Gasteiger partial charge in [-0.05, 0) is 30.9 Å². The molecule has 1 aliphatic heterocycles. The van der Waals surface area contributed by atoms with Gasteiger partial charge in [0, 0.05) is 37.8 Å². The van der Waals surface area contributed by atoms with Gasteiger partial charge in [0.1, 0.15) is 0 Å². The van der Waals surface area contributed by atoms with E-state index < -0.39 is 0 Å². The molecule has 3 rings (SSSR count). The first-order valence-corrected chi connectivity index (χ1v) is 8.01. The van der Waals surface area contributed by atoms with E-state index in [1.54, 1.807) is 19.2 Å². The van der Waals surface area contributed by atoms with E-state index in [-0.39, 0.29) is 36.6 Å². The average Bonchev–Trinajstić information content (AvgIpc) is 2.51. The Labute approximate surface area is 155 Å². The van der Waals surface area contributed by atoms with Crippen LogP contribution in [0.15, 0.2) is 12.1 Å². The molecule has 1 saturated heterocycles. The number of phenols is 1. The predicted octanol–water partition coefficient (Wildman–Crippen LogP) is 2.86. The minimum atomic E-state index is 0. The maximum atomic E-state index is 10.7. The molecule has 1 atom stereocenters. The van der Waals surface area contributed by atoms with E-state index >= 15 is 0 Å². The van der Waals surface area contributed by atoms with E-state index in [9.17, 15) is 10.4 Å². The molecule has 0 spiro atoms. The van der Waals surface area contributed by atoms with Gasteiger partial charge in [-0.2, -0.15) is 5.26 Å². The molecular weight excluding hydrogens is 349 g/mol. The molecule has 1 aromatic carbocycles. The zero-order valence-corrected chi connectivity index (χ0v) is 15.5. The zero-order chi connectivity index (χ0) is 15.5. The molecule has 2 fully saturated rings. The van der Waals surface area contributed by atoms with Gasteiger partial charge < -0.3 is 15.2 Å². The van der Waals surface area contributed by atoms with Gasteiger partial charge in [0.15, 0.2) is 11.5 Å². The number of nitriles is 1. The lowest BCUT2D eigenvalue weighted by molar-refractivity contribution is 0.0814. The third-order valence-electron chi connectivity index (χ3n) is 4.96. The monoisotopic (exact) mass is 373 g/mol. The summed E-state index contributed by atoms with van der Waals surface area (Å²) in [5.74, 6) is 1.11. The quantitative estimate of drug-likeness (QED) is 0.848. The molecule has 0 radical (unpaired) electrons. The van der Waals surface area contributed by atoms with Crippen LogP contribution >= 0.6 is 24.8 Å². The van der Waals surface area contributed by atoms with Crippen molar-refractivity contribution in [1.82, 2.24) is 10.2 Å². The number of hydrogen-bond donors (Lipinski definition) is 2. The highest BCUT2D eigenvalue weighted by molar-refractivity contribution is 5.85. The number of hydrogen-bond acceptors (Lipinski definition) is 5. The first-order valence-electron chi connectivity index (χ1n) is 8.01. The van der Waals surface area contributed by atoms with E-state index in [1.165, 1.54) is 6.42 Å². The van der Waals surface area contributed by atoms with Crippen LogP contribution in [0.25, 0.3) is 0 Å². The first kappa shape index (κ1) is 20.9. The number of piperazine rings is 1. The third-order valence-corrected chi connectivity index (χ3v) is 4.96. The van der Waals surface area contributed by atoms with Crippen LogP contribution in [0.5, 0.6) is 11.5 Å². The van der Waals surface area contributed by atoms with Crippen molar-refractivity contribution in [3.8, 4) is 17.6 Å². The molecule has 7 heteroatoms. The summed E-state index contributed by atoms with van der Waals surface area (Å²) in [4.78, 5) is 2.41. The third kappa shape index (κ3) is 3.89. The lowest BCUT2D eigenvalue weighted by Gasteiger charge is -2.43. The van der Waals surface area contributed by atoms with Crippen molar-refractivity contribution in [3.05, 3.63) is 23.3 Å².